The van der Waals surface area contributed by atoms with E-state index in [-0.39, 0.29) is 23.2 Å². The van der Waals surface area contributed by atoms with Crippen molar-refractivity contribution in [1.82, 2.24) is 5.32 Å². The Bertz CT molecular complexity index is 1530. The van der Waals surface area contributed by atoms with Crippen LogP contribution >= 0.6 is 27.7 Å². The van der Waals surface area contributed by atoms with Gasteiger partial charge in [0.25, 0.3) is 11.6 Å². The molecule has 0 aromatic heterocycles. The van der Waals surface area contributed by atoms with Gasteiger partial charge in [-0.15, -0.1) is 0 Å². The summed E-state index contributed by atoms with van der Waals surface area (Å²) < 4.78 is 16.9. The van der Waals surface area contributed by atoms with E-state index in [9.17, 15) is 25.0 Å². The maximum Gasteiger partial charge on any atom is 0.318 e. The van der Waals surface area contributed by atoms with E-state index in [2.05, 4.69) is 26.2 Å². The molecule has 1 N–H and O–H groups in total. The van der Waals surface area contributed by atoms with Gasteiger partial charge in [0.1, 0.15) is 5.75 Å². The minimum absolute atomic E-state index is 0.109. The van der Waals surface area contributed by atoms with Gasteiger partial charge in [-0.25, -0.2) is 4.99 Å². The minimum Gasteiger partial charge on any atom is -0.494 e. The molecule has 12 nitrogen and oxygen atoms in total. The lowest BCUT2D eigenvalue weighted by molar-refractivity contribution is -0.394. The molecule has 4 rings (SSSR count). The van der Waals surface area contributed by atoms with Crippen molar-refractivity contribution in [3.8, 4) is 23.0 Å². The highest BCUT2D eigenvalue weighted by atomic mass is 79.9. The number of amidine groups is 1. The molecule has 0 aliphatic carbocycles. The number of aliphatic imine (C=N–C) groups is 1. The number of hydrogen-bond donors (Lipinski definition) is 1. The van der Waals surface area contributed by atoms with Crippen LogP contribution in [0.2, 0.25) is 0 Å². The van der Waals surface area contributed by atoms with E-state index in [0.717, 1.165) is 35.7 Å². The SMILES string of the molecule is CCOc1ccc(N=C2NC(=O)/C(=C/c3cc(Br)c(Oc4ccc([N+](=O)[O-])cc4[N+](=O)[O-])c(OC)c3)S2)cc1. The van der Waals surface area contributed by atoms with Gasteiger partial charge in [0, 0.05) is 6.07 Å². The van der Waals surface area contributed by atoms with Gasteiger partial charge in [0.05, 0.1) is 44.7 Å². The maximum absolute atomic E-state index is 12.6. The Balaban J connectivity index is 1.59. The van der Waals surface area contributed by atoms with Gasteiger partial charge < -0.3 is 19.5 Å². The number of methoxy groups -OCH3 is 1. The molecule has 0 atom stereocenters. The van der Waals surface area contributed by atoms with E-state index in [0.29, 0.717) is 32.4 Å². The number of nitro groups is 2. The van der Waals surface area contributed by atoms with Crippen LogP contribution in [-0.2, 0) is 4.79 Å². The van der Waals surface area contributed by atoms with Crippen molar-refractivity contribution < 1.29 is 28.9 Å². The molecule has 14 heteroatoms. The monoisotopic (exact) mass is 614 g/mol. The van der Waals surface area contributed by atoms with Crippen LogP contribution in [0.4, 0.5) is 17.1 Å². The van der Waals surface area contributed by atoms with Crippen LogP contribution in [0.3, 0.4) is 0 Å². The number of rotatable bonds is 9. The molecule has 200 valence electrons. The number of benzene rings is 3. The molecule has 39 heavy (non-hydrogen) atoms. The van der Waals surface area contributed by atoms with Crippen LogP contribution in [-0.4, -0.2) is 34.6 Å². The number of nitrogens with one attached hydrogen (secondary N) is 1. The largest absolute Gasteiger partial charge is 0.494 e. The van der Waals surface area contributed by atoms with Gasteiger partial charge in [0.15, 0.2) is 16.7 Å². The van der Waals surface area contributed by atoms with Crippen LogP contribution < -0.4 is 19.5 Å². The number of carbonyl (C=O) groups is 1. The maximum atomic E-state index is 12.6. The molecule has 1 fully saturated rings. The second-order valence-electron chi connectivity index (χ2n) is 7.71. The van der Waals surface area contributed by atoms with Crippen LogP contribution in [0.1, 0.15) is 12.5 Å². The summed E-state index contributed by atoms with van der Waals surface area (Å²) in [5, 5.41) is 25.6. The van der Waals surface area contributed by atoms with Crippen molar-refractivity contribution in [2.75, 3.05) is 13.7 Å². The van der Waals surface area contributed by atoms with Gasteiger partial charge in [-0.3, -0.25) is 25.0 Å². The third-order valence-electron chi connectivity index (χ3n) is 5.14. The number of non-ortho nitro benzene ring substituents is 1. The Kier molecular flexibility index (Phi) is 8.46. The van der Waals surface area contributed by atoms with Crippen LogP contribution in [0.15, 0.2) is 69.0 Å². The highest BCUT2D eigenvalue weighted by Gasteiger charge is 2.26. The summed E-state index contributed by atoms with van der Waals surface area (Å²) in [4.78, 5) is 38.4. The number of ether oxygens (including phenoxy) is 3. The van der Waals surface area contributed by atoms with Gasteiger partial charge in [0.2, 0.25) is 5.75 Å². The van der Waals surface area contributed by atoms with Crippen molar-refractivity contribution >= 4 is 61.9 Å². The fourth-order valence-corrected chi connectivity index (χ4v) is 4.80. The van der Waals surface area contributed by atoms with E-state index >= 15 is 0 Å². The quantitative estimate of drug-likeness (QED) is 0.164. The van der Waals surface area contributed by atoms with Crippen molar-refractivity contribution in [2.24, 2.45) is 4.99 Å². The minimum atomic E-state index is -0.774. The topological polar surface area (TPSA) is 155 Å². The van der Waals surface area contributed by atoms with Crippen molar-refractivity contribution in [2.45, 2.75) is 6.92 Å². The zero-order chi connectivity index (χ0) is 28.1. The van der Waals surface area contributed by atoms with Gasteiger partial charge in [-0.2, -0.15) is 0 Å². The summed E-state index contributed by atoms with van der Waals surface area (Å²) in [5.74, 6) is 0.492. The van der Waals surface area contributed by atoms with Crippen molar-refractivity contribution in [1.29, 1.82) is 0 Å². The zero-order valence-corrected chi connectivity index (χ0v) is 22.8. The second kappa shape index (κ2) is 12.0. The smallest absolute Gasteiger partial charge is 0.318 e. The molecule has 1 saturated heterocycles. The first-order valence-corrected chi connectivity index (χ1v) is 12.8. The number of nitro benzene ring substituents is 2. The number of amides is 1. The third kappa shape index (κ3) is 6.53. The fraction of sp³-hybridized carbons (Fsp3) is 0.120. The summed E-state index contributed by atoms with van der Waals surface area (Å²) in [7, 11) is 1.38. The first-order chi connectivity index (χ1) is 18.7. The highest BCUT2D eigenvalue weighted by molar-refractivity contribution is 9.10. The zero-order valence-electron chi connectivity index (χ0n) is 20.4. The average molecular weight is 615 g/mol. The fourth-order valence-electron chi connectivity index (χ4n) is 3.41. The van der Waals surface area contributed by atoms with Gasteiger partial charge >= 0.3 is 5.69 Å². The molecule has 0 saturated carbocycles. The summed E-state index contributed by atoms with van der Waals surface area (Å²) in [5.41, 5.74) is 0.195. The normalized spacial score (nSPS) is 14.8. The molecule has 1 aliphatic heterocycles. The molecular formula is C25H19BrN4O8S. The Hall–Kier alpha value is -4.43. The average Bonchev–Trinajstić information content (AvgIpc) is 3.24. The summed E-state index contributed by atoms with van der Waals surface area (Å²) in [6, 6.07) is 13.4. The molecule has 1 amide bonds. The lowest BCUT2D eigenvalue weighted by Gasteiger charge is -2.13. The van der Waals surface area contributed by atoms with E-state index in [4.69, 9.17) is 14.2 Å². The van der Waals surface area contributed by atoms with Crippen LogP contribution in [0.25, 0.3) is 6.08 Å². The van der Waals surface area contributed by atoms with E-state index in [1.54, 1.807) is 42.5 Å². The lowest BCUT2D eigenvalue weighted by atomic mass is 10.2. The summed E-state index contributed by atoms with van der Waals surface area (Å²) in [6.07, 6.45) is 1.63. The first kappa shape index (κ1) is 27.6. The van der Waals surface area contributed by atoms with Crippen LogP contribution in [0, 0.1) is 20.2 Å². The Labute approximate surface area is 234 Å². The number of carbonyl (C=O) groups excluding carboxylic acids is 1. The predicted molar refractivity (Wildman–Crippen MR) is 149 cm³/mol. The molecule has 0 spiro atoms. The number of nitrogens with zero attached hydrogens (tertiary/aromatic N) is 3. The van der Waals surface area contributed by atoms with Crippen molar-refractivity contribution in [3.05, 3.63) is 89.8 Å². The molecular weight excluding hydrogens is 596 g/mol. The Morgan fingerprint density at radius 2 is 1.79 bits per heavy atom. The first-order valence-electron chi connectivity index (χ1n) is 11.2. The van der Waals surface area contributed by atoms with Gasteiger partial charge in [-0.1, -0.05) is 0 Å². The highest BCUT2D eigenvalue weighted by Crippen LogP contribution is 2.43. The number of hydrogen-bond acceptors (Lipinski definition) is 10. The number of thioether (sulfide) groups is 1. The van der Waals surface area contributed by atoms with E-state index in [1.807, 2.05) is 6.92 Å². The van der Waals surface area contributed by atoms with E-state index in [1.165, 1.54) is 7.11 Å². The lowest BCUT2D eigenvalue weighted by Crippen LogP contribution is -2.19. The van der Waals surface area contributed by atoms with Crippen LogP contribution in [0.5, 0.6) is 23.0 Å². The Morgan fingerprint density at radius 3 is 2.44 bits per heavy atom. The molecule has 0 bridgehead atoms. The summed E-state index contributed by atoms with van der Waals surface area (Å²) >= 11 is 4.54. The molecule has 3 aromatic carbocycles. The second-order valence-corrected chi connectivity index (χ2v) is 9.60. The van der Waals surface area contributed by atoms with Gasteiger partial charge in [-0.05, 0) is 88.7 Å². The molecule has 0 radical (unpaired) electrons. The molecule has 1 aliphatic rings. The van der Waals surface area contributed by atoms with E-state index < -0.39 is 21.2 Å². The standard InChI is InChI=1S/C25H19BrN4O8S/c1-3-37-17-7-4-15(5-8-17)27-25-28-24(31)22(39-25)12-14-10-18(26)23(21(11-14)36-2)38-20-9-6-16(29(32)33)13-19(20)30(34)35/h4-13H,3H2,1-2H3,(H,27,28,31)/b22-12-. The van der Waals surface area contributed by atoms with Crippen molar-refractivity contribution in [3.63, 3.8) is 0 Å². The Morgan fingerprint density at radius 1 is 1.05 bits per heavy atom. The number of halogens is 1. The summed E-state index contributed by atoms with van der Waals surface area (Å²) in [6.45, 7) is 2.45. The third-order valence-corrected chi connectivity index (χ3v) is 6.64. The predicted octanol–water partition coefficient (Wildman–Crippen LogP) is 6.36. The molecule has 1 heterocycles. The molecule has 0 unspecified atom stereocenters. The molecule has 3 aromatic rings.